The fraction of sp³-hybridized carbons (Fsp3) is 0.786. The zero-order chi connectivity index (χ0) is 13.0. The number of methoxy groups -OCH3 is 1. The minimum absolute atomic E-state index is 0.350. The summed E-state index contributed by atoms with van der Waals surface area (Å²) in [5, 5.41) is 3.49. The molecule has 0 bridgehead atoms. The standard InChI is InChI=1S/C14H24N2O2/c1-4-14(2,17-3)12-10-16-13(18-12)6-5-9-15-11-7-8-11/h10-11,15H,4-9H2,1-3H3. The van der Waals surface area contributed by atoms with Crippen molar-refractivity contribution in [3.8, 4) is 0 Å². The van der Waals surface area contributed by atoms with Crippen LogP contribution in [0.3, 0.4) is 0 Å². The quantitative estimate of drug-likeness (QED) is 0.722. The Labute approximate surface area is 109 Å². The third-order valence-electron chi connectivity index (χ3n) is 3.78. The number of rotatable bonds is 8. The van der Waals surface area contributed by atoms with E-state index in [2.05, 4.69) is 17.2 Å². The van der Waals surface area contributed by atoms with Crippen molar-refractivity contribution < 1.29 is 9.15 Å². The first-order chi connectivity index (χ1) is 8.68. The molecular formula is C14H24N2O2. The molecule has 0 aliphatic heterocycles. The fourth-order valence-electron chi connectivity index (χ4n) is 1.92. The Morgan fingerprint density at radius 3 is 2.94 bits per heavy atom. The number of hydrogen-bond donors (Lipinski definition) is 1. The normalized spacial score (nSPS) is 18.8. The molecule has 102 valence electrons. The van der Waals surface area contributed by atoms with E-state index in [9.17, 15) is 0 Å². The van der Waals surface area contributed by atoms with Crippen LogP contribution in [0.4, 0.5) is 0 Å². The van der Waals surface area contributed by atoms with Gasteiger partial charge in [-0.3, -0.25) is 0 Å². The van der Waals surface area contributed by atoms with E-state index in [1.807, 2.05) is 6.92 Å². The van der Waals surface area contributed by atoms with Gasteiger partial charge in [-0.25, -0.2) is 4.98 Å². The molecule has 0 radical (unpaired) electrons. The summed E-state index contributed by atoms with van der Waals surface area (Å²) in [7, 11) is 1.71. The van der Waals surface area contributed by atoms with Crippen LogP contribution in [0.1, 0.15) is 51.2 Å². The summed E-state index contributed by atoms with van der Waals surface area (Å²) < 4.78 is 11.3. The van der Waals surface area contributed by atoms with E-state index >= 15 is 0 Å². The monoisotopic (exact) mass is 252 g/mol. The highest BCUT2D eigenvalue weighted by atomic mass is 16.5. The Kier molecular flexibility index (Phi) is 4.40. The van der Waals surface area contributed by atoms with Gasteiger partial charge in [0.15, 0.2) is 11.7 Å². The van der Waals surface area contributed by atoms with Gasteiger partial charge in [-0.1, -0.05) is 6.92 Å². The van der Waals surface area contributed by atoms with Gasteiger partial charge in [0.05, 0.1) is 6.20 Å². The van der Waals surface area contributed by atoms with E-state index < -0.39 is 0 Å². The van der Waals surface area contributed by atoms with Gasteiger partial charge in [0.1, 0.15) is 5.60 Å². The third kappa shape index (κ3) is 3.33. The van der Waals surface area contributed by atoms with Gasteiger partial charge >= 0.3 is 0 Å². The molecule has 1 atom stereocenters. The van der Waals surface area contributed by atoms with E-state index in [1.54, 1.807) is 13.3 Å². The van der Waals surface area contributed by atoms with Crippen LogP contribution in [0.15, 0.2) is 10.6 Å². The first-order valence-electron chi connectivity index (χ1n) is 6.91. The minimum atomic E-state index is -0.350. The minimum Gasteiger partial charge on any atom is -0.443 e. The molecule has 0 aromatic carbocycles. The third-order valence-corrected chi connectivity index (χ3v) is 3.78. The van der Waals surface area contributed by atoms with Gasteiger partial charge < -0.3 is 14.5 Å². The van der Waals surface area contributed by atoms with Gasteiger partial charge in [-0.05, 0) is 39.2 Å². The smallest absolute Gasteiger partial charge is 0.194 e. The Hall–Kier alpha value is -0.870. The summed E-state index contributed by atoms with van der Waals surface area (Å²) in [5.41, 5.74) is -0.350. The summed E-state index contributed by atoms with van der Waals surface area (Å²) in [4.78, 5) is 4.34. The zero-order valence-corrected chi connectivity index (χ0v) is 11.7. The second-order valence-corrected chi connectivity index (χ2v) is 5.24. The zero-order valence-electron chi connectivity index (χ0n) is 11.7. The molecule has 2 rings (SSSR count). The van der Waals surface area contributed by atoms with Gasteiger partial charge in [-0.2, -0.15) is 0 Å². The van der Waals surface area contributed by atoms with Crippen molar-refractivity contribution in [2.75, 3.05) is 13.7 Å². The van der Waals surface area contributed by atoms with Gasteiger partial charge in [0, 0.05) is 19.6 Å². The summed E-state index contributed by atoms with van der Waals surface area (Å²) in [5.74, 6) is 1.65. The number of hydrogen-bond acceptors (Lipinski definition) is 4. The fourth-order valence-corrected chi connectivity index (χ4v) is 1.92. The average molecular weight is 252 g/mol. The molecule has 4 heteroatoms. The summed E-state index contributed by atoms with van der Waals surface area (Å²) in [6.07, 6.45) is 7.32. The van der Waals surface area contributed by atoms with Crippen LogP contribution in [0.5, 0.6) is 0 Å². The predicted molar refractivity (Wildman–Crippen MR) is 70.5 cm³/mol. The van der Waals surface area contributed by atoms with Crippen LogP contribution in [0.25, 0.3) is 0 Å². The van der Waals surface area contributed by atoms with Crippen molar-refractivity contribution in [1.29, 1.82) is 0 Å². The molecule has 1 N–H and O–H groups in total. The molecule has 0 amide bonds. The molecule has 1 fully saturated rings. The van der Waals surface area contributed by atoms with Gasteiger partial charge in [0.2, 0.25) is 0 Å². The van der Waals surface area contributed by atoms with E-state index in [1.165, 1.54) is 12.8 Å². The summed E-state index contributed by atoms with van der Waals surface area (Å²) in [6.45, 7) is 5.18. The van der Waals surface area contributed by atoms with Crippen molar-refractivity contribution in [2.45, 2.75) is 57.6 Å². The van der Waals surface area contributed by atoms with Crippen molar-refractivity contribution in [2.24, 2.45) is 0 Å². The summed E-state index contributed by atoms with van der Waals surface area (Å²) >= 11 is 0. The number of ether oxygens (including phenoxy) is 1. The Bertz CT molecular complexity index is 368. The predicted octanol–water partition coefficient (Wildman–Crippen LogP) is 2.63. The summed E-state index contributed by atoms with van der Waals surface area (Å²) in [6, 6.07) is 0.780. The van der Waals surface area contributed by atoms with Crippen LogP contribution in [-0.2, 0) is 16.8 Å². The lowest BCUT2D eigenvalue weighted by Crippen LogP contribution is -2.22. The van der Waals surface area contributed by atoms with Crippen LogP contribution in [-0.4, -0.2) is 24.7 Å². The molecule has 18 heavy (non-hydrogen) atoms. The average Bonchev–Trinajstić information content (AvgIpc) is 3.10. The first-order valence-corrected chi connectivity index (χ1v) is 6.91. The molecule has 1 aromatic heterocycles. The number of nitrogens with zero attached hydrogens (tertiary/aromatic N) is 1. The van der Waals surface area contributed by atoms with E-state index in [-0.39, 0.29) is 5.60 Å². The van der Waals surface area contributed by atoms with Crippen LogP contribution in [0, 0.1) is 0 Å². The van der Waals surface area contributed by atoms with Crippen molar-refractivity contribution in [3.63, 3.8) is 0 Å². The number of aromatic nitrogens is 1. The topological polar surface area (TPSA) is 47.3 Å². The Morgan fingerprint density at radius 2 is 2.33 bits per heavy atom. The molecule has 4 nitrogen and oxygen atoms in total. The van der Waals surface area contributed by atoms with Crippen LogP contribution < -0.4 is 5.32 Å². The van der Waals surface area contributed by atoms with E-state index in [0.29, 0.717) is 0 Å². The highest BCUT2D eigenvalue weighted by molar-refractivity contribution is 5.05. The molecule has 1 aliphatic carbocycles. The van der Waals surface area contributed by atoms with E-state index in [4.69, 9.17) is 9.15 Å². The maximum atomic E-state index is 5.79. The maximum Gasteiger partial charge on any atom is 0.194 e. The van der Waals surface area contributed by atoms with Crippen molar-refractivity contribution in [1.82, 2.24) is 10.3 Å². The molecule has 1 saturated carbocycles. The van der Waals surface area contributed by atoms with Gasteiger partial charge in [0.25, 0.3) is 0 Å². The lowest BCUT2D eigenvalue weighted by Gasteiger charge is -2.23. The lowest BCUT2D eigenvalue weighted by atomic mass is 10.0. The second kappa shape index (κ2) is 5.85. The van der Waals surface area contributed by atoms with Crippen LogP contribution >= 0.6 is 0 Å². The number of aryl methyl sites for hydroxylation is 1. The molecule has 0 spiro atoms. The van der Waals surface area contributed by atoms with Crippen LogP contribution in [0.2, 0.25) is 0 Å². The molecule has 1 aliphatic rings. The van der Waals surface area contributed by atoms with Crippen molar-refractivity contribution >= 4 is 0 Å². The number of oxazole rings is 1. The largest absolute Gasteiger partial charge is 0.443 e. The Morgan fingerprint density at radius 1 is 1.56 bits per heavy atom. The molecular weight excluding hydrogens is 228 g/mol. The highest BCUT2D eigenvalue weighted by Crippen LogP contribution is 2.28. The number of nitrogens with one attached hydrogen (secondary N) is 1. The SMILES string of the molecule is CCC(C)(OC)c1cnc(CCCNC2CC2)o1. The Balaban J connectivity index is 1.80. The maximum absolute atomic E-state index is 5.79. The highest BCUT2D eigenvalue weighted by Gasteiger charge is 2.28. The first kappa shape index (κ1) is 13.6. The molecule has 1 unspecified atom stereocenters. The van der Waals surface area contributed by atoms with Gasteiger partial charge in [-0.15, -0.1) is 0 Å². The second-order valence-electron chi connectivity index (χ2n) is 5.24. The molecule has 1 aromatic rings. The van der Waals surface area contributed by atoms with E-state index in [0.717, 1.165) is 43.5 Å². The lowest BCUT2D eigenvalue weighted by molar-refractivity contribution is -0.0197. The molecule has 1 heterocycles. The van der Waals surface area contributed by atoms with Crippen molar-refractivity contribution in [3.05, 3.63) is 17.8 Å². The molecule has 0 saturated heterocycles.